The number of aryl methyl sites for hydroxylation is 1. The van der Waals surface area contributed by atoms with Gasteiger partial charge in [0.25, 0.3) is 0 Å². The van der Waals surface area contributed by atoms with E-state index in [1.807, 2.05) is 18.2 Å². The molecule has 0 amide bonds. The fourth-order valence-corrected chi connectivity index (χ4v) is 2.87. The number of hydrazine groups is 1. The van der Waals surface area contributed by atoms with Gasteiger partial charge < -0.3 is 4.74 Å². The van der Waals surface area contributed by atoms with E-state index in [9.17, 15) is 0 Å². The number of benzene rings is 2. The third-order valence-corrected chi connectivity index (χ3v) is 4.25. The molecule has 3 N–H and O–H groups in total. The molecule has 0 heterocycles. The first-order valence-corrected chi connectivity index (χ1v) is 7.23. The number of nitrogens with one attached hydrogen (secondary N) is 1. The molecule has 2 aromatic rings. The molecule has 0 spiro atoms. The maximum absolute atomic E-state index is 5.78. The minimum Gasteiger partial charge on any atom is -0.496 e. The molecule has 0 radical (unpaired) electrons. The van der Waals surface area contributed by atoms with Crippen LogP contribution in [-0.2, 0) is 0 Å². The van der Waals surface area contributed by atoms with E-state index < -0.39 is 0 Å². The first kappa shape index (κ1) is 15.0. The fraction of sp³-hybridized carbons (Fsp3) is 0.250. The number of hydrogen-bond acceptors (Lipinski definition) is 3. The summed E-state index contributed by atoms with van der Waals surface area (Å²) >= 11 is 3.52. The molecule has 106 valence electrons. The van der Waals surface area contributed by atoms with Crippen molar-refractivity contribution in [2.45, 2.75) is 19.9 Å². The number of halogens is 1. The van der Waals surface area contributed by atoms with Crippen LogP contribution in [0.2, 0.25) is 0 Å². The van der Waals surface area contributed by atoms with Crippen LogP contribution >= 0.6 is 15.9 Å². The van der Waals surface area contributed by atoms with Crippen molar-refractivity contribution in [3.05, 3.63) is 63.1 Å². The fourth-order valence-electron chi connectivity index (χ4n) is 2.31. The molecule has 1 atom stereocenters. The molecular formula is C16H19BrN2O. The molecular weight excluding hydrogens is 316 g/mol. The molecule has 2 rings (SSSR count). The summed E-state index contributed by atoms with van der Waals surface area (Å²) in [6, 6.07) is 12.2. The van der Waals surface area contributed by atoms with Crippen LogP contribution < -0.4 is 16.0 Å². The summed E-state index contributed by atoms with van der Waals surface area (Å²) in [7, 11) is 1.66. The molecule has 0 fully saturated rings. The molecule has 0 saturated heterocycles. The Kier molecular flexibility index (Phi) is 4.81. The minimum absolute atomic E-state index is 0.0443. The monoisotopic (exact) mass is 334 g/mol. The average molecular weight is 335 g/mol. The Morgan fingerprint density at radius 2 is 1.95 bits per heavy atom. The molecule has 0 aliphatic rings. The van der Waals surface area contributed by atoms with Gasteiger partial charge in [0.05, 0.1) is 17.6 Å². The highest BCUT2D eigenvalue weighted by Gasteiger charge is 2.16. The Balaban J connectivity index is 2.47. The van der Waals surface area contributed by atoms with E-state index in [1.54, 1.807) is 7.11 Å². The van der Waals surface area contributed by atoms with Gasteiger partial charge >= 0.3 is 0 Å². The maximum Gasteiger partial charge on any atom is 0.133 e. The number of rotatable bonds is 4. The van der Waals surface area contributed by atoms with Crippen molar-refractivity contribution in [1.29, 1.82) is 0 Å². The zero-order chi connectivity index (χ0) is 14.7. The highest BCUT2D eigenvalue weighted by atomic mass is 79.9. The van der Waals surface area contributed by atoms with Crippen LogP contribution in [0.15, 0.2) is 40.9 Å². The van der Waals surface area contributed by atoms with Gasteiger partial charge in [-0.05, 0) is 64.2 Å². The second-order valence-corrected chi connectivity index (χ2v) is 5.64. The zero-order valence-electron chi connectivity index (χ0n) is 11.9. The van der Waals surface area contributed by atoms with Crippen molar-refractivity contribution < 1.29 is 4.74 Å². The second kappa shape index (κ2) is 6.39. The van der Waals surface area contributed by atoms with Gasteiger partial charge in [-0.3, -0.25) is 5.84 Å². The van der Waals surface area contributed by atoms with Crippen molar-refractivity contribution in [3.8, 4) is 5.75 Å². The van der Waals surface area contributed by atoms with Crippen molar-refractivity contribution in [2.75, 3.05) is 7.11 Å². The first-order chi connectivity index (χ1) is 9.58. The van der Waals surface area contributed by atoms with Crippen LogP contribution in [0.5, 0.6) is 5.75 Å². The quantitative estimate of drug-likeness (QED) is 0.663. The Hall–Kier alpha value is -1.36. The number of hydrogen-bond donors (Lipinski definition) is 2. The number of ether oxygens (including phenoxy) is 1. The third kappa shape index (κ3) is 2.87. The number of nitrogens with two attached hydrogens (primary N) is 1. The highest BCUT2D eigenvalue weighted by molar-refractivity contribution is 9.10. The molecule has 2 aromatic carbocycles. The SMILES string of the molecule is COc1ccc(C(NN)c2cccc(C)c2C)cc1Br. The lowest BCUT2D eigenvalue weighted by Crippen LogP contribution is -2.29. The van der Waals surface area contributed by atoms with Gasteiger partial charge in [-0.1, -0.05) is 24.3 Å². The Morgan fingerprint density at radius 1 is 1.20 bits per heavy atom. The normalized spacial score (nSPS) is 12.2. The molecule has 3 nitrogen and oxygen atoms in total. The van der Waals surface area contributed by atoms with Gasteiger partial charge in [0, 0.05) is 0 Å². The van der Waals surface area contributed by atoms with Gasteiger partial charge in [0.1, 0.15) is 5.75 Å². The van der Waals surface area contributed by atoms with E-state index in [1.165, 1.54) is 16.7 Å². The smallest absolute Gasteiger partial charge is 0.133 e. The van der Waals surface area contributed by atoms with Crippen molar-refractivity contribution in [3.63, 3.8) is 0 Å². The van der Waals surface area contributed by atoms with Gasteiger partial charge in [-0.25, -0.2) is 5.43 Å². The molecule has 0 aliphatic carbocycles. The van der Waals surface area contributed by atoms with Gasteiger partial charge in [0.2, 0.25) is 0 Å². The summed E-state index contributed by atoms with van der Waals surface area (Å²) in [4.78, 5) is 0. The minimum atomic E-state index is -0.0443. The standard InChI is InChI=1S/C16H19BrN2O/c1-10-5-4-6-13(11(10)2)16(19-18)12-7-8-15(20-3)14(17)9-12/h4-9,16,19H,18H2,1-3H3. The lowest BCUT2D eigenvalue weighted by molar-refractivity contribution is 0.411. The lowest BCUT2D eigenvalue weighted by Gasteiger charge is -2.21. The topological polar surface area (TPSA) is 47.3 Å². The molecule has 4 heteroatoms. The third-order valence-electron chi connectivity index (χ3n) is 3.63. The van der Waals surface area contributed by atoms with Crippen LogP contribution in [0, 0.1) is 13.8 Å². The predicted molar refractivity (Wildman–Crippen MR) is 85.8 cm³/mol. The summed E-state index contributed by atoms with van der Waals surface area (Å²) in [6.07, 6.45) is 0. The Morgan fingerprint density at radius 3 is 2.55 bits per heavy atom. The summed E-state index contributed by atoms with van der Waals surface area (Å²) < 4.78 is 6.18. The molecule has 0 bridgehead atoms. The van der Waals surface area contributed by atoms with Crippen molar-refractivity contribution in [1.82, 2.24) is 5.43 Å². The van der Waals surface area contributed by atoms with Crippen LogP contribution in [0.4, 0.5) is 0 Å². The molecule has 1 unspecified atom stereocenters. The summed E-state index contributed by atoms with van der Waals surface area (Å²) in [5, 5.41) is 0. The summed E-state index contributed by atoms with van der Waals surface area (Å²) in [5.74, 6) is 6.59. The van der Waals surface area contributed by atoms with Gasteiger partial charge in [0.15, 0.2) is 0 Å². The largest absolute Gasteiger partial charge is 0.496 e. The van der Waals surface area contributed by atoms with E-state index in [4.69, 9.17) is 10.6 Å². The average Bonchev–Trinajstić information content (AvgIpc) is 2.44. The van der Waals surface area contributed by atoms with Crippen LogP contribution in [0.3, 0.4) is 0 Å². The van der Waals surface area contributed by atoms with Crippen LogP contribution in [0.25, 0.3) is 0 Å². The van der Waals surface area contributed by atoms with Crippen molar-refractivity contribution >= 4 is 15.9 Å². The summed E-state index contributed by atoms with van der Waals surface area (Å²) in [6.45, 7) is 4.23. The molecule has 0 aliphatic heterocycles. The Bertz CT molecular complexity index is 613. The van der Waals surface area contributed by atoms with E-state index in [0.717, 1.165) is 15.8 Å². The molecule has 0 saturated carbocycles. The molecule has 20 heavy (non-hydrogen) atoms. The summed E-state index contributed by atoms with van der Waals surface area (Å²) in [5.41, 5.74) is 7.69. The number of methoxy groups -OCH3 is 1. The van der Waals surface area contributed by atoms with Crippen LogP contribution in [0.1, 0.15) is 28.3 Å². The highest BCUT2D eigenvalue weighted by Crippen LogP contribution is 2.31. The molecule has 0 aromatic heterocycles. The van der Waals surface area contributed by atoms with Gasteiger partial charge in [-0.15, -0.1) is 0 Å². The van der Waals surface area contributed by atoms with Crippen LogP contribution in [-0.4, -0.2) is 7.11 Å². The van der Waals surface area contributed by atoms with E-state index >= 15 is 0 Å². The zero-order valence-corrected chi connectivity index (χ0v) is 13.5. The maximum atomic E-state index is 5.78. The van der Waals surface area contributed by atoms with Gasteiger partial charge in [-0.2, -0.15) is 0 Å². The van der Waals surface area contributed by atoms with E-state index in [0.29, 0.717) is 0 Å². The predicted octanol–water partition coefficient (Wildman–Crippen LogP) is 3.63. The van der Waals surface area contributed by atoms with Crippen molar-refractivity contribution in [2.24, 2.45) is 5.84 Å². The van der Waals surface area contributed by atoms with E-state index in [-0.39, 0.29) is 6.04 Å². The second-order valence-electron chi connectivity index (χ2n) is 4.78. The Labute approximate surface area is 128 Å². The van der Waals surface area contributed by atoms with E-state index in [2.05, 4.69) is 53.4 Å². The lowest BCUT2D eigenvalue weighted by atomic mass is 9.93. The first-order valence-electron chi connectivity index (χ1n) is 6.44.